The monoisotopic (exact) mass is 170 g/mol. The van der Waals surface area contributed by atoms with Crippen LogP contribution in [0.15, 0.2) is 17.3 Å². The van der Waals surface area contributed by atoms with Crippen LogP contribution < -0.4 is 5.32 Å². The van der Waals surface area contributed by atoms with Crippen LogP contribution in [0.2, 0.25) is 0 Å². The molecule has 0 heterocycles. The molecule has 0 amide bonds. The van der Waals surface area contributed by atoms with E-state index in [4.69, 9.17) is 5.11 Å². The van der Waals surface area contributed by atoms with Crippen molar-refractivity contribution in [2.45, 2.75) is 27.0 Å². The summed E-state index contributed by atoms with van der Waals surface area (Å²) in [7, 11) is 0. The van der Waals surface area contributed by atoms with E-state index in [0.29, 0.717) is 5.92 Å². The summed E-state index contributed by atoms with van der Waals surface area (Å²) in [5, 5.41) is 11.8. The Morgan fingerprint density at radius 1 is 1.50 bits per heavy atom. The summed E-state index contributed by atoms with van der Waals surface area (Å²) < 4.78 is 0. The van der Waals surface area contributed by atoms with Gasteiger partial charge in [0, 0.05) is 24.9 Å². The summed E-state index contributed by atoms with van der Waals surface area (Å²) in [6.07, 6.45) is 5.04. The van der Waals surface area contributed by atoms with Crippen LogP contribution in [0.4, 0.5) is 0 Å². The Hall–Kier alpha value is -0.670. The van der Waals surface area contributed by atoms with Gasteiger partial charge in [-0.15, -0.1) is 0 Å². The average molecular weight is 170 g/mol. The highest BCUT2D eigenvalue weighted by atomic mass is 16.3. The van der Waals surface area contributed by atoms with Crippen molar-refractivity contribution in [2.24, 2.45) is 10.9 Å². The van der Waals surface area contributed by atoms with Crippen molar-refractivity contribution < 1.29 is 5.11 Å². The smallest absolute Gasteiger partial charge is 0.102 e. The molecule has 0 aromatic carbocycles. The number of allylic oxidation sites excluding steroid dienone is 1. The maximum atomic E-state index is 8.90. The minimum Gasteiger partial charge on any atom is -0.379 e. The number of nitrogens with one attached hydrogen (secondary N) is 1. The van der Waals surface area contributed by atoms with Crippen LogP contribution in [0, 0.1) is 5.92 Å². The van der Waals surface area contributed by atoms with Gasteiger partial charge >= 0.3 is 0 Å². The lowest BCUT2D eigenvalue weighted by molar-refractivity contribution is 0.155. The van der Waals surface area contributed by atoms with Crippen molar-refractivity contribution in [3.8, 4) is 0 Å². The van der Waals surface area contributed by atoms with Crippen LogP contribution in [-0.2, 0) is 0 Å². The van der Waals surface area contributed by atoms with Gasteiger partial charge < -0.3 is 5.11 Å². The van der Waals surface area contributed by atoms with E-state index < -0.39 is 6.23 Å². The molecule has 0 aliphatic heterocycles. The number of aliphatic imine (C=N–C) groups is 1. The number of rotatable bonds is 5. The maximum Gasteiger partial charge on any atom is 0.102 e. The van der Waals surface area contributed by atoms with Crippen molar-refractivity contribution >= 4 is 6.21 Å². The molecule has 0 bridgehead atoms. The molecule has 0 spiro atoms. The minimum absolute atomic E-state index is 0.343. The molecule has 0 radical (unpaired) electrons. The van der Waals surface area contributed by atoms with E-state index in [0.717, 1.165) is 6.54 Å². The van der Waals surface area contributed by atoms with Gasteiger partial charge in [0.25, 0.3) is 0 Å². The lowest BCUT2D eigenvalue weighted by Gasteiger charge is -2.09. The topological polar surface area (TPSA) is 44.6 Å². The van der Waals surface area contributed by atoms with Gasteiger partial charge in [-0.2, -0.15) is 0 Å². The molecular formula is C9H18N2O. The summed E-state index contributed by atoms with van der Waals surface area (Å²) in [5.41, 5.74) is 0. The van der Waals surface area contributed by atoms with Crippen LogP contribution in [0.1, 0.15) is 20.8 Å². The number of aliphatic hydroxyl groups excluding tert-OH is 1. The predicted octanol–water partition coefficient (Wildman–Crippen LogP) is 1.15. The van der Waals surface area contributed by atoms with Gasteiger partial charge in [-0.25, -0.2) is 0 Å². The summed E-state index contributed by atoms with van der Waals surface area (Å²) in [5.74, 6) is 0.343. The van der Waals surface area contributed by atoms with Crippen molar-refractivity contribution in [3.05, 3.63) is 12.3 Å². The molecular weight excluding hydrogens is 152 g/mol. The fourth-order valence-corrected chi connectivity index (χ4v) is 0.692. The Morgan fingerprint density at radius 2 is 2.17 bits per heavy atom. The first-order chi connectivity index (χ1) is 5.66. The molecule has 0 rings (SSSR count). The molecule has 0 aliphatic rings. The van der Waals surface area contributed by atoms with Gasteiger partial charge in [-0.3, -0.25) is 10.3 Å². The first-order valence-corrected chi connectivity index (χ1v) is 4.22. The van der Waals surface area contributed by atoms with E-state index in [1.165, 1.54) is 0 Å². The molecule has 3 heteroatoms. The molecule has 70 valence electrons. The largest absolute Gasteiger partial charge is 0.379 e. The highest BCUT2D eigenvalue weighted by Gasteiger charge is 1.98. The number of hydrogen-bond acceptors (Lipinski definition) is 3. The fraction of sp³-hybridized carbons (Fsp3) is 0.667. The second-order valence-electron chi connectivity index (χ2n) is 2.84. The van der Waals surface area contributed by atoms with Gasteiger partial charge in [0.15, 0.2) is 0 Å². The molecule has 0 saturated heterocycles. The standard InChI is InChI=1S/C9H18N2O/c1-4-5-10-6-8(2)7-11-9(3)12/h4-6,8-9,11-12H,7H2,1-3H3/b5-4-,10-6-. The van der Waals surface area contributed by atoms with Crippen molar-refractivity contribution in [1.82, 2.24) is 5.32 Å². The van der Waals surface area contributed by atoms with E-state index in [9.17, 15) is 0 Å². The molecule has 12 heavy (non-hydrogen) atoms. The fourth-order valence-electron chi connectivity index (χ4n) is 0.692. The Bertz CT molecular complexity index is 153. The molecule has 2 atom stereocenters. The zero-order valence-electron chi connectivity index (χ0n) is 7.99. The Labute approximate surface area is 74.2 Å². The van der Waals surface area contributed by atoms with E-state index >= 15 is 0 Å². The van der Waals surface area contributed by atoms with Crippen LogP contribution in [0.3, 0.4) is 0 Å². The summed E-state index contributed by atoms with van der Waals surface area (Å²) in [6, 6.07) is 0. The van der Waals surface area contributed by atoms with Gasteiger partial charge in [0.1, 0.15) is 6.23 Å². The summed E-state index contributed by atoms with van der Waals surface area (Å²) >= 11 is 0. The van der Waals surface area contributed by atoms with E-state index in [2.05, 4.69) is 10.3 Å². The summed E-state index contributed by atoms with van der Waals surface area (Å²) in [4.78, 5) is 4.04. The van der Waals surface area contributed by atoms with Crippen molar-refractivity contribution in [1.29, 1.82) is 0 Å². The number of nitrogens with zero attached hydrogens (tertiary/aromatic N) is 1. The van der Waals surface area contributed by atoms with Gasteiger partial charge in [-0.05, 0) is 13.8 Å². The predicted molar refractivity (Wildman–Crippen MR) is 52.2 cm³/mol. The van der Waals surface area contributed by atoms with E-state index in [1.54, 1.807) is 13.1 Å². The minimum atomic E-state index is -0.442. The maximum absolute atomic E-state index is 8.90. The second-order valence-corrected chi connectivity index (χ2v) is 2.84. The third kappa shape index (κ3) is 7.44. The van der Waals surface area contributed by atoms with Gasteiger partial charge in [-0.1, -0.05) is 13.0 Å². The Kier molecular flexibility index (Phi) is 6.61. The second kappa shape index (κ2) is 7.00. The Balaban J connectivity index is 3.51. The van der Waals surface area contributed by atoms with Crippen LogP contribution in [0.5, 0.6) is 0 Å². The molecule has 0 fully saturated rings. The normalized spacial score (nSPS) is 17.3. The molecule has 0 aliphatic carbocycles. The Morgan fingerprint density at radius 3 is 2.67 bits per heavy atom. The van der Waals surface area contributed by atoms with Crippen LogP contribution in [-0.4, -0.2) is 24.1 Å². The number of hydrogen-bond donors (Lipinski definition) is 2. The van der Waals surface area contributed by atoms with Gasteiger partial charge in [0.05, 0.1) is 0 Å². The van der Waals surface area contributed by atoms with Crippen molar-refractivity contribution in [2.75, 3.05) is 6.54 Å². The van der Waals surface area contributed by atoms with Gasteiger partial charge in [0.2, 0.25) is 0 Å². The molecule has 0 aromatic heterocycles. The molecule has 0 saturated carbocycles. The van der Waals surface area contributed by atoms with Crippen LogP contribution >= 0.6 is 0 Å². The molecule has 2 N–H and O–H groups in total. The highest BCUT2D eigenvalue weighted by molar-refractivity contribution is 5.61. The van der Waals surface area contributed by atoms with Crippen LogP contribution in [0.25, 0.3) is 0 Å². The average Bonchev–Trinajstić information content (AvgIpc) is 2.01. The van der Waals surface area contributed by atoms with E-state index in [1.807, 2.05) is 26.1 Å². The SMILES string of the molecule is C/C=C\N=C/C(C)CNC(C)O. The quantitative estimate of drug-likeness (QED) is 0.480. The molecule has 2 unspecified atom stereocenters. The van der Waals surface area contributed by atoms with E-state index in [-0.39, 0.29) is 0 Å². The first kappa shape index (κ1) is 11.3. The summed E-state index contributed by atoms with van der Waals surface area (Å²) in [6.45, 7) is 6.42. The lowest BCUT2D eigenvalue weighted by Crippen LogP contribution is -2.30. The molecule has 0 aromatic rings. The van der Waals surface area contributed by atoms with Crippen molar-refractivity contribution in [3.63, 3.8) is 0 Å². The zero-order chi connectivity index (χ0) is 9.40. The zero-order valence-corrected chi connectivity index (χ0v) is 7.99. The first-order valence-electron chi connectivity index (χ1n) is 4.22. The number of aliphatic hydroxyl groups is 1. The highest BCUT2D eigenvalue weighted by Crippen LogP contribution is 1.88. The lowest BCUT2D eigenvalue weighted by atomic mass is 10.2. The molecule has 3 nitrogen and oxygen atoms in total. The third-order valence-corrected chi connectivity index (χ3v) is 1.31. The third-order valence-electron chi connectivity index (χ3n) is 1.31.